The highest BCUT2D eigenvalue weighted by Crippen LogP contribution is 2.27. The Balaban J connectivity index is 0.000000166. The van der Waals surface area contributed by atoms with Crippen LogP contribution >= 0.6 is 0 Å². The van der Waals surface area contributed by atoms with E-state index in [1.807, 2.05) is 6.92 Å². The first kappa shape index (κ1) is 20.3. The van der Waals surface area contributed by atoms with Crippen molar-refractivity contribution in [3.8, 4) is 0 Å². The second-order valence-corrected chi connectivity index (χ2v) is 7.11. The topological polar surface area (TPSA) is 68.3 Å². The second-order valence-electron chi connectivity index (χ2n) is 7.11. The quantitative estimate of drug-likeness (QED) is 0.676. The average Bonchev–Trinajstić information content (AvgIpc) is 2.75. The van der Waals surface area contributed by atoms with Gasteiger partial charge in [0.15, 0.2) is 23.1 Å². The molecular weight excluding hydrogens is 364 g/mol. The zero-order valence-corrected chi connectivity index (χ0v) is 17.0. The molecule has 0 radical (unpaired) electrons. The van der Waals surface area contributed by atoms with E-state index < -0.39 is 0 Å². The van der Waals surface area contributed by atoms with Gasteiger partial charge in [-0.15, -0.1) is 0 Å². The fraction of sp³-hybridized carbons (Fsp3) is 0.200. The van der Waals surface area contributed by atoms with Crippen molar-refractivity contribution in [2.75, 3.05) is 0 Å². The normalized spacial score (nSPS) is 15.7. The molecule has 0 spiro atoms. The number of Topliss-reactive ketones (excluding diaryl/α,β-unsaturated/α-hetero) is 4. The highest BCUT2D eigenvalue weighted by atomic mass is 16.1. The van der Waals surface area contributed by atoms with E-state index in [9.17, 15) is 19.2 Å². The molecule has 2 aliphatic carbocycles. The number of hydrogen-bond donors (Lipinski definition) is 0. The van der Waals surface area contributed by atoms with Gasteiger partial charge < -0.3 is 0 Å². The van der Waals surface area contributed by atoms with Crippen molar-refractivity contribution in [1.82, 2.24) is 0 Å². The van der Waals surface area contributed by atoms with Crippen LogP contribution in [0, 0.1) is 0 Å². The van der Waals surface area contributed by atoms with Crippen molar-refractivity contribution in [2.24, 2.45) is 0 Å². The first-order chi connectivity index (χ1) is 13.8. The van der Waals surface area contributed by atoms with Crippen molar-refractivity contribution in [3.63, 3.8) is 0 Å². The number of allylic oxidation sites excluding steroid dienone is 4. The molecule has 2 aromatic carbocycles. The third-order valence-electron chi connectivity index (χ3n) is 5.50. The third-order valence-corrected chi connectivity index (χ3v) is 5.50. The summed E-state index contributed by atoms with van der Waals surface area (Å²) in [6.07, 6.45) is 0.616. The molecule has 0 aliphatic heterocycles. The molecule has 0 unspecified atom stereocenters. The second kappa shape index (κ2) is 7.92. The molecule has 0 saturated carbocycles. The number of carbonyl (C=O) groups excluding carboxylic acids is 4. The molecule has 4 heteroatoms. The van der Waals surface area contributed by atoms with Gasteiger partial charge in [0.1, 0.15) is 0 Å². The Morgan fingerprint density at radius 3 is 1.17 bits per heavy atom. The average molecular weight is 386 g/mol. The van der Waals surface area contributed by atoms with Crippen molar-refractivity contribution in [3.05, 3.63) is 93.1 Å². The number of hydrogen-bond acceptors (Lipinski definition) is 4. The lowest BCUT2D eigenvalue weighted by Gasteiger charge is -2.17. The fourth-order valence-electron chi connectivity index (χ4n) is 3.60. The first-order valence-corrected chi connectivity index (χ1v) is 9.53. The minimum absolute atomic E-state index is 0.00481. The lowest BCUT2D eigenvalue weighted by atomic mass is 9.84. The largest absolute Gasteiger partial charge is 0.289 e. The van der Waals surface area contributed by atoms with Gasteiger partial charge in [-0.05, 0) is 27.2 Å². The summed E-state index contributed by atoms with van der Waals surface area (Å²) in [6, 6.07) is 14.0. The number of ketones is 4. The van der Waals surface area contributed by atoms with E-state index in [0.717, 1.165) is 0 Å². The Labute approximate surface area is 169 Å². The Kier molecular flexibility index (Phi) is 5.55. The van der Waals surface area contributed by atoms with Crippen LogP contribution in [0.5, 0.6) is 0 Å². The van der Waals surface area contributed by atoms with Gasteiger partial charge in [0.25, 0.3) is 0 Å². The zero-order valence-electron chi connectivity index (χ0n) is 17.0. The Bertz CT molecular complexity index is 1090. The Hall–Kier alpha value is -3.40. The van der Waals surface area contributed by atoms with Crippen LogP contribution in [0.1, 0.15) is 75.5 Å². The highest BCUT2D eigenvalue weighted by molar-refractivity contribution is 6.27. The minimum atomic E-state index is -0.0299. The van der Waals surface area contributed by atoms with Gasteiger partial charge in [-0.3, -0.25) is 19.2 Å². The van der Waals surface area contributed by atoms with Crippen molar-refractivity contribution in [2.45, 2.75) is 34.1 Å². The van der Waals surface area contributed by atoms with Crippen LogP contribution in [0.25, 0.3) is 0 Å². The van der Waals surface area contributed by atoms with Gasteiger partial charge in [-0.1, -0.05) is 55.5 Å². The number of rotatable bonds is 1. The molecule has 146 valence electrons. The maximum absolute atomic E-state index is 12.0. The summed E-state index contributed by atoms with van der Waals surface area (Å²) in [6.45, 7) is 7.03. The van der Waals surface area contributed by atoms with E-state index in [1.165, 1.54) is 0 Å². The molecule has 0 bridgehead atoms. The van der Waals surface area contributed by atoms with E-state index in [2.05, 4.69) is 0 Å². The van der Waals surface area contributed by atoms with Crippen LogP contribution in [0.4, 0.5) is 0 Å². The molecule has 0 amide bonds. The Morgan fingerprint density at radius 2 is 0.828 bits per heavy atom. The van der Waals surface area contributed by atoms with E-state index in [0.29, 0.717) is 51.0 Å². The maximum atomic E-state index is 12.0. The monoisotopic (exact) mass is 386 g/mol. The van der Waals surface area contributed by atoms with Crippen LogP contribution in [-0.4, -0.2) is 23.1 Å². The zero-order chi connectivity index (χ0) is 21.3. The molecular formula is C25H22O4. The van der Waals surface area contributed by atoms with Gasteiger partial charge in [0.05, 0.1) is 0 Å². The van der Waals surface area contributed by atoms with Crippen molar-refractivity contribution < 1.29 is 19.2 Å². The Morgan fingerprint density at radius 1 is 0.517 bits per heavy atom. The van der Waals surface area contributed by atoms with Crippen molar-refractivity contribution in [1.29, 1.82) is 0 Å². The van der Waals surface area contributed by atoms with E-state index in [4.69, 9.17) is 0 Å². The number of benzene rings is 2. The molecule has 0 heterocycles. The molecule has 0 fully saturated rings. The highest BCUT2D eigenvalue weighted by Gasteiger charge is 2.28. The van der Waals surface area contributed by atoms with Gasteiger partial charge in [0.2, 0.25) is 0 Å². The summed E-state index contributed by atoms with van der Waals surface area (Å²) < 4.78 is 0. The molecule has 0 N–H and O–H groups in total. The first-order valence-electron chi connectivity index (χ1n) is 9.53. The smallest absolute Gasteiger partial charge is 0.190 e. The van der Waals surface area contributed by atoms with Crippen molar-refractivity contribution >= 4 is 23.1 Å². The minimum Gasteiger partial charge on any atom is -0.289 e. The SMILES string of the molecule is CC1=C(C)C(=O)c2ccccc2C1=O.CCC1=C(C)C(=O)c2ccccc2C1=O. The van der Waals surface area contributed by atoms with Gasteiger partial charge >= 0.3 is 0 Å². The maximum Gasteiger partial charge on any atom is 0.190 e. The molecule has 2 aliphatic rings. The van der Waals surface area contributed by atoms with Gasteiger partial charge in [-0.25, -0.2) is 0 Å². The molecule has 4 rings (SSSR count). The van der Waals surface area contributed by atoms with Crippen LogP contribution < -0.4 is 0 Å². The molecule has 2 aromatic rings. The van der Waals surface area contributed by atoms with Crippen LogP contribution in [0.3, 0.4) is 0 Å². The summed E-state index contributed by atoms with van der Waals surface area (Å²) in [4.78, 5) is 47.4. The standard InChI is InChI=1S/C13H12O2.C12H10O2/c1-3-9-8(2)12(14)10-6-4-5-7-11(10)13(9)15;1-7-8(2)12(14)10-6-4-3-5-9(10)11(7)13/h4-7H,3H2,1-2H3;3-6H,1-2H3. The number of fused-ring (bicyclic) bond motifs is 2. The molecule has 0 aromatic heterocycles. The van der Waals surface area contributed by atoms with Crippen LogP contribution in [0.2, 0.25) is 0 Å². The number of carbonyl (C=O) groups is 4. The summed E-state index contributed by atoms with van der Waals surface area (Å²) in [5.74, 6) is -0.0670. The lowest BCUT2D eigenvalue weighted by Crippen LogP contribution is -2.20. The van der Waals surface area contributed by atoms with E-state index in [-0.39, 0.29) is 23.1 Å². The van der Waals surface area contributed by atoms with E-state index in [1.54, 1.807) is 69.3 Å². The molecule has 4 nitrogen and oxygen atoms in total. The molecule has 0 atom stereocenters. The predicted molar refractivity (Wildman–Crippen MR) is 112 cm³/mol. The van der Waals surface area contributed by atoms with Gasteiger partial charge in [-0.2, -0.15) is 0 Å². The summed E-state index contributed by atoms with van der Waals surface area (Å²) in [7, 11) is 0. The summed E-state index contributed by atoms with van der Waals surface area (Å²) in [5.41, 5.74) is 4.52. The van der Waals surface area contributed by atoms with Gasteiger partial charge in [0, 0.05) is 44.5 Å². The van der Waals surface area contributed by atoms with Crippen LogP contribution in [0.15, 0.2) is 70.8 Å². The van der Waals surface area contributed by atoms with E-state index >= 15 is 0 Å². The van der Waals surface area contributed by atoms with Crippen LogP contribution in [-0.2, 0) is 0 Å². The molecule has 0 saturated heterocycles. The summed E-state index contributed by atoms with van der Waals surface area (Å²) in [5, 5.41) is 0. The predicted octanol–water partition coefficient (Wildman–Crippen LogP) is 5.19. The summed E-state index contributed by atoms with van der Waals surface area (Å²) >= 11 is 0. The third kappa shape index (κ3) is 3.42. The lowest BCUT2D eigenvalue weighted by molar-refractivity contribution is 0.0972. The fourth-order valence-corrected chi connectivity index (χ4v) is 3.60. The molecule has 29 heavy (non-hydrogen) atoms.